The Balaban J connectivity index is 1.55. The van der Waals surface area contributed by atoms with Gasteiger partial charge in [0.05, 0.1) is 17.2 Å². The third kappa shape index (κ3) is 4.48. The largest absolute Gasteiger partial charge is 0.461 e. The van der Waals surface area contributed by atoms with E-state index in [1.54, 1.807) is 25.3 Å². The molecule has 0 saturated heterocycles. The van der Waals surface area contributed by atoms with Gasteiger partial charge in [-0.05, 0) is 44.0 Å². The van der Waals surface area contributed by atoms with Crippen LogP contribution >= 0.6 is 11.8 Å². The van der Waals surface area contributed by atoms with E-state index in [9.17, 15) is 18.0 Å². The summed E-state index contributed by atoms with van der Waals surface area (Å²) in [5.41, 5.74) is -0.415. The molecule has 164 valence electrons. The average Bonchev–Trinajstić information content (AvgIpc) is 3.44. The highest BCUT2D eigenvalue weighted by atomic mass is 32.2. The summed E-state index contributed by atoms with van der Waals surface area (Å²) in [7, 11) is 0. The zero-order chi connectivity index (χ0) is 22.0. The lowest BCUT2D eigenvalue weighted by atomic mass is 9.95. The smallest absolute Gasteiger partial charge is 0.237 e. The summed E-state index contributed by atoms with van der Waals surface area (Å²) in [4.78, 5) is 12.6. The van der Waals surface area contributed by atoms with E-state index in [0.29, 0.717) is 16.7 Å². The van der Waals surface area contributed by atoms with Crippen molar-refractivity contribution in [2.24, 2.45) is 0 Å². The molecule has 1 fully saturated rings. The molecule has 0 bridgehead atoms. The molecule has 1 atom stereocenters. The fourth-order valence-electron chi connectivity index (χ4n) is 3.67. The second-order valence-corrected chi connectivity index (χ2v) is 8.73. The van der Waals surface area contributed by atoms with Crippen LogP contribution in [0.4, 0.5) is 18.9 Å². The maximum absolute atomic E-state index is 13.9. The lowest BCUT2D eigenvalue weighted by Gasteiger charge is -2.25. The summed E-state index contributed by atoms with van der Waals surface area (Å²) in [6, 6.07) is 5.52. The second kappa shape index (κ2) is 9.17. The molecule has 1 aromatic carbocycles. The highest BCUT2D eigenvalue weighted by Crippen LogP contribution is 2.37. The summed E-state index contributed by atoms with van der Waals surface area (Å²) in [5, 5.41) is 10.7. The molecule has 1 saturated carbocycles. The Kier molecular flexibility index (Phi) is 6.35. The first-order valence-electron chi connectivity index (χ1n) is 10.1. The van der Waals surface area contributed by atoms with Gasteiger partial charge in [-0.25, -0.2) is 13.2 Å². The Morgan fingerprint density at radius 3 is 2.65 bits per heavy atom. The van der Waals surface area contributed by atoms with Gasteiger partial charge in [0.15, 0.2) is 28.4 Å². The Hall–Kier alpha value is -2.75. The van der Waals surface area contributed by atoms with Crippen molar-refractivity contribution in [1.29, 1.82) is 0 Å². The van der Waals surface area contributed by atoms with E-state index >= 15 is 0 Å². The number of amides is 1. The van der Waals surface area contributed by atoms with Crippen molar-refractivity contribution in [1.82, 2.24) is 14.8 Å². The van der Waals surface area contributed by atoms with Crippen molar-refractivity contribution in [3.63, 3.8) is 0 Å². The minimum Gasteiger partial charge on any atom is -0.461 e. The van der Waals surface area contributed by atoms with E-state index in [2.05, 4.69) is 15.5 Å². The average molecular weight is 450 g/mol. The van der Waals surface area contributed by atoms with Crippen molar-refractivity contribution in [2.75, 3.05) is 5.32 Å². The molecule has 1 aliphatic carbocycles. The molecule has 31 heavy (non-hydrogen) atoms. The molecule has 6 nitrogen and oxygen atoms in total. The summed E-state index contributed by atoms with van der Waals surface area (Å²) in [5.74, 6) is -3.75. The van der Waals surface area contributed by atoms with Gasteiger partial charge in [0.1, 0.15) is 0 Å². The summed E-state index contributed by atoms with van der Waals surface area (Å²) in [6.45, 7) is 1.63. The number of aromatic nitrogens is 3. The van der Waals surface area contributed by atoms with E-state index in [4.69, 9.17) is 4.42 Å². The lowest BCUT2D eigenvalue weighted by molar-refractivity contribution is -0.115. The quantitative estimate of drug-likeness (QED) is 0.392. The Labute approximate surface area is 181 Å². The summed E-state index contributed by atoms with van der Waals surface area (Å²) in [6.07, 6.45) is 6.87. The van der Waals surface area contributed by atoms with Crippen LogP contribution in [0.2, 0.25) is 0 Å². The zero-order valence-corrected chi connectivity index (χ0v) is 17.6. The highest BCUT2D eigenvalue weighted by Gasteiger charge is 2.28. The van der Waals surface area contributed by atoms with E-state index in [0.717, 1.165) is 37.8 Å². The minimum absolute atomic E-state index is 0.185. The molecule has 0 radical (unpaired) electrons. The molecule has 0 aliphatic heterocycles. The third-order valence-corrected chi connectivity index (χ3v) is 6.35. The van der Waals surface area contributed by atoms with Crippen LogP contribution in [0.15, 0.2) is 40.1 Å². The standard InChI is InChI=1S/C21H21F3N4O2S/c1-12(20(29)25-15-10-9-14(22)17(23)18(15)24)31-21-27-26-19(16-8-5-11-30-16)28(21)13-6-3-2-4-7-13/h5,8-13H,2-4,6-7H2,1H3,(H,25,29). The second-order valence-electron chi connectivity index (χ2n) is 7.42. The number of thioether (sulfide) groups is 1. The number of rotatable bonds is 6. The number of carbonyl (C=O) groups excluding carboxylic acids is 1. The molecule has 1 unspecified atom stereocenters. The molecular formula is C21H21F3N4O2S. The van der Waals surface area contributed by atoms with Gasteiger partial charge in [-0.15, -0.1) is 10.2 Å². The van der Waals surface area contributed by atoms with Gasteiger partial charge >= 0.3 is 0 Å². The topological polar surface area (TPSA) is 73.0 Å². The fourth-order valence-corrected chi connectivity index (χ4v) is 4.59. The van der Waals surface area contributed by atoms with Gasteiger partial charge in [0.25, 0.3) is 0 Å². The number of furan rings is 1. The number of benzene rings is 1. The third-order valence-electron chi connectivity index (χ3n) is 5.29. The summed E-state index contributed by atoms with van der Waals surface area (Å²) < 4.78 is 48.0. The van der Waals surface area contributed by atoms with Crippen LogP contribution in [0.5, 0.6) is 0 Å². The lowest BCUT2D eigenvalue weighted by Crippen LogP contribution is -2.24. The summed E-state index contributed by atoms with van der Waals surface area (Å²) >= 11 is 1.17. The Bertz CT molecular complexity index is 1070. The first-order valence-corrected chi connectivity index (χ1v) is 10.9. The van der Waals surface area contributed by atoms with Crippen molar-refractivity contribution in [3.8, 4) is 11.6 Å². The van der Waals surface area contributed by atoms with E-state index in [1.165, 1.54) is 18.2 Å². The molecule has 3 aromatic rings. The van der Waals surface area contributed by atoms with Crippen molar-refractivity contribution in [3.05, 3.63) is 48.0 Å². The van der Waals surface area contributed by atoms with E-state index in [1.807, 2.05) is 4.57 Å². The molecule has 1 N–H and O–H groups in total. The molecule has 10 heteroatoms. The van der Waals surface area contributed by atoms with Gasteiger partial charge in [-0.3, -0.25) is 9.36 Å². The van der Waals surface area contributed by atoms with E-state index in [-0.39, 0.29) is 6.04 Å². The van der Waals surface area contributed by atoms with Crippen LogP contribution in [-0.4, -0.2) is 25.9 Å². The van der Waals surface area contributed by atoms with Gasteiger partial charge in [-0.2, -0.15) is 0 Å². The van der Waals surface area contributed by atoms with Gasteiger partial charge in [-0.1, -0.05) is 31.0 Å². The molecule has 0 spiro atoms. The van der Waals surface area contributed by atoms with Gasteiger partial charge in [0, 0.05) is 6.04 Å². The molecule has 1 aliphatic rings. The number of nitrogens with zero attached hydrogens (tertiary/aromatic N) is 3. The monoisotopic (exact) mass is 450 g/mol. The first-order chi connectivity index (χ1) is 15.0. The molecular weight excluding hydrogens is 429 g/mol. The van der Waals surface area contributed by atoms with Crippen molar-refractivity contribution < 1.29 is 22.4 Å². The highest BCUT2D eigenvalue weighted by molar-refractivity contribution is 8.00. The van der Waals surface area contributed by atoms with Crippen LogP contribution < -0.4 is 5.32 Å². The predicted molar refractivity (Wildman–Crippen MR) is 110 cm³/mol. The number of carbonyl (C=O) groups is 1. The number of halogens is 3. The SMILES string of the molecule is CC(Sc1nnc(-c2ccco2)n1C1CCCCC1)C(=O)Nc1ccc(F)c(F)c1F. The molecule has 2 aromatic heterocycles. The maximum Gasteiger partial charge on any atom is 0.237 e. The number of hydrogen-bond donors (Lipinski definition) is 1. The fraction of sp³-hybridized carbons (Fsp3) is 0.381. The number of nitrogens with one attached hydrogen (secondary N) is 1. The van der Waals surface area contributed by atoms with Crippen LogP contribution in [0.3, 0.4) is 0 Å². The van der Waals surface area contributed by atoms with Crippen molar-refractivity contribution >= 4 is 23.4 Å². The van der Waals surface area contributed by atoms with Gasteiger partial charge < -0.3 is 9.73 Å². The molecule has 4 rings (SSSR count). The van der Waals surface area contributed by atoms with Crippen LogP contribution in [-0.2, 0) is 4.79 Å². The number of hydrogen-bond acceptors (Lipinski definition) is 5. The zero-order valence-electron chi connectivity index (χ0n) is 16.8. The van der Waals surface area contributed by atoms with Gasteiger partial charge in [0.2, 0.25) is 11.7 Å². The molecule has 1 amide bonds. The molecule has 2 heterocycles. The normalized spacial score (nSPS) is 15.7. The number of anilines is 1. The van der Waals surface area contributed by atoms with E-state index < -0.39 is 34.3 Å². The Morgan fingerprint density at radius 1 is 1.16 bits per heavy atom. The maximum atomic E-state index is 13.9. The van der Waals surface area contributed by atoms with Crippen molar-refractivity contribution in [2.45, 2.75) is 55.5 Å². The van der Waals surface area contributed by atoms with Crippen LogP contribution in [0, 0.1) is 17.5 Å². The first kappa shape index (κ1) is 21.5. The minimum atomic E-state index is -1.63. The predicted octanol–water partition coefficient (Wildman–Crippen LogP) is 5.58. The van der Waals surface area contributed by atoms with Crippen LogP contribution in [0.25, 0.3) is 11.6 Å². The van der Waals surface area contributed by atoms with Crippen LogP contribution in [0.1, 0.15) is 45.1 Å². The Morgan fingerprint density at radius 2 is 1.94 bits per heavy atom.